The molecule has 0 saturated heterocycles. The van der Waals surface area contributed by atoms with Crippen LogP contribution in [0.25, 0.3) is 0 Å². The standard InChI is InChI=1S/C18H18N2OS/c1-2-13(12-7-4-3-5-8-12)17(21)20-18-15(11-19)14-9-6-10-16(14)22-18/h3-5,7-8,13H,2,6,9-10H2,1H3,(H,20,21)/t13-/m1/s1. The number of anilines is 1. The smallest absolute Gasteiger partial charge is 0.232 e. The van der Waals surface area contributed by atoms with Crippen molar-refractivity contribution in [3.05, 3.63) is 51.9 Å². The van der Waals surface area contributed by atoms with Crippen molar-refractivity contribution >= 4 is 22.2 Å². The Balaban J connectivity index is 1.84. The molecule has 0 bridgehead atoms. The minimum absolute atomic E-state index is 0.0230. The molecular weight excluding hydrogens is 292 g/mol. The average molecular weight is 310 g/mol. The second-order valence-corrected chi connectivity index (χ2v) is 6.64. The molecule has 0 fully saturated rings. The third-order valence-electron chi connectivity index (χ3n) is 4.20. The molecule has 0 spiro atoms. The first-order valence-corrected chi connectivity index (χ1v) is 8.46. The summed E-state index contributed by atoms with van der Waals surface area (Å²) in [7, 11) is 0. The Labute approximate surface area is 134 Å². The van der Waals surface area contributed by atoms with E-state index >= 15 is 0 Å². The van der Waals surface area contributed by atoms with Crippen LogP contribution in [0.5, 0.6) is 0 Å². The van der Waals surface area contributed by atoms with E-state index < -0.39 is 0 Å². The van der Waals surface area contributed by atoms with Crippen LogP contribution in [0, 0.1) is 11.3 Å². The van der Waals surface area contributed by atoms with E-state index in [0.29, 0.717) is 5.56 Å². The van der Waals surface area contributed by atoms with E-state index in [0.717, 1.165) is 41.8 Å². The fraction of sp³-hybridized carbons (Fsp3) is 0.333. The van der Waals surface area contributed by atoms with Crippen LogP contribution in [-0.2, 0) is 17.6 Å². The van der Waals surface area contributed by atoms with Crippen molar-refractivity contribution in [2.45, 2.75) is 38.5 Å². The Morgan fingerprint density at radius 2 is 2.14 bits per heavy atom. The Morgan fingerprint density at radius 1 is 1.36 bits per heavy atom. The van der Waals surface area contributed by atoms with Gasteiger partial charge in [-0.05, 0) is 36.8 Å². The summed E-state index contributed by atoms with van der Waals surface area (Å²) in [6, 6.07) is 12.1. The molecule has 1 aromatic carbocycles. The number of aryl methyl sites for hydroxylation is 1. The van der Waals surface area contributed by atoms with Crippen LogP contribution in [-0.4, -0.2) is 5.91 Å². The minimum atomic E-state index is -0.176. The summed E-state index contributed by atoms with van der Waals surface area (Å²) in [5.74, 6) is -0.199. The molecule has 4 heteroatoms. The van der Waals surface area contributed by atoms with Crippen LogP contribution in [0.4, 0.5) is 5.00 Å². The van der Waals surface area contributed by atoms with Crippen molar-refractivity contribution in [3.63, 3.8) is 0 Å². The van der Waals surface area contributed by atoms with E-state index in [4.69, 9.17) is 0 Å². The van der Waals surface area contributed by atoms with Gasteiger partial charge >= 0.3 is 0 Å². The molecule has 1 aliphatic carbocycles. The predicted octanol–water partition coefficient (Wildman–Crippen LogP) is 4.24. The molecule has 1 amide bonds. The zero-order valence-electron chi connectivity index (χ0n) is 12.6. The molecule has 3 rings (SSSR count). The maximum Gasteiger partial charge on any atom is 0.232 e. The molecule has 112 valence electrons. The van der Waals surface area contributed by atoms with Crippen LogP contribution in [0.2, 0.25) is 0 Å². The largest absolute Gasteiger partial charge is 0.316 e. The van der Waals surface area contributed by atoms with Crippen LogP contribution < -0.4 is 5.32 Å². The summed E-state index contributed by atoms with van der Waals surface area (Å²) < 4.78 is 0. The molecule has 1 aromatic heterocycles. The second kappa shape index (κ2) is 6.33. The number of rotatable bonds is 4. The van der Waals surface area contributed by atoms with Gasteiger partial charge in [-0.15, -0.1) is 11.3 Å². The van der Waals surface area contributed by atoms with E-state index in [1.165, 1.54) is 4.88 Å². The van der Waals surface area contributed by atoms with Gasteiger partial charge in [-0.25, -0.2) is 0 Å². The Bertz CT molecular complexity index is 728. The van der Waals surface area contributed by atoms with E-state index in [9.17, 15) is 10.1 Å². The zero-order chi connectivity index (χ0) is 15.5. The topological polar surface area (TPSA) is 52.9 Å². The van der Waals surface area contributed by atoms with Gasteiger partial charge in [-0.1, -0.05) is 37.3 Å². The highest BCUT2D eigenvalue weighted by molar-refractivity contribution is 7.16. The number of hydrogen-bond acceptors (Lipinski definition) is 3. The molecule has 0 saturated carbocycles. The third kappa shape index (κ3) is 2.65. The second-order valence-electron chi connectivity index (χ2n) is 5.53. The number of nitriles is 1. The number of carbonyl (C=O) groups excluding carboxylic acids is 1. The lowest BCUT2D eigenvalue weighted by molar-refractivity contribution is -0.117. The molecule has 1 heterocycles. The fourth-order valence-corrected chi connectivity index (χ4v) is 4.31. The first-order chi connectivity index (χ1) is 10.7. The molecule has 0 unspecified atom stereocenters. The number of hydrogen-bond donors (Lipinski definition) is 1. The van der Waals surface area contributed by atoms with E-state index in [1.54, 1.807) is 11.3 Å². The van der Waals surface area contributed by atoms with Gasteiger partial charge in [-0.3, -0.25) is 4.79 Å². The lowest BCUT2D eigenvalue weighted by atomic mass is 9.95. The number of amides is 1. The lowest BCUT2D eigenvalue weighted by Gasteiger charge is -2.15. The Hall–Kier alpha value is -2.12. The maximum atomic E-state index is 12.6. The molecular formula is C18H18N2OS. The van der Waals surface area contributed by atoms with Crippen molar-refractivity contribution < 1.29 is 4.79 Å². The highest BCUT2D eigenvalue weighted by Gasteiger charge is 2.25. The predicted molar refractivity (Wildman–Crippen MR) is 89.2 cm³/mol. The summed E-state index contributed by atoms with van der Waals surface area (Å²) in [6.45, 7) is 2.01. The third-order valence-corrected chi connectivity index (χ3v) is 5.40. The number of thiophene rings is 1. The highest BCUT2D eigenvalue weighted by Crippen LogP contribution is 2.39. The van der Waals surface area contributed by atoms with Crippen LogP contribution in [0.3, 0.4) is 0 Å². The van der Waals surface area contributed by atoms with Gasteiger partial charge in [-0.2, -0.15) is 5.26 Å². The van der Waals surface area contributed by atoms with Gasteiger partial charge in [0.25, 0.3) is 0 Å². The van der Waals surface area contributed by atoms with Crippen molar-refractivity contribution in [1.29, 1.82) is 5.26 Å². The van der Waals surface area contributed by atoms with Gasteiger partial charge < -0.3 is 5.32 Å². The number of nitrogens with zero attached hydrogens (tertiary/aromatic N) is 1. The Morgan fingerprint density at radius 3 is 2.82 bits per heavy atom. The van der Waals surface area contributed by atoms with Gasteiger partial charge in [0.15, 0.2) is 0 Å². The highest BCUT2D eigenvalue weighted by atomic mass is 32.1. The average Bonchev–Trinajstić information content (AvgIpc) is 3.09. The fourth-order valence-electron chi connectivity index (χ4n) is 3.07. The van der Waals surface area contributed by atoms with Crippen LogP contribution >= 0.6 is 11.3 Å². The molecule has 3 nitrogen and oxygen atoms in total. The molecule has 1 aliphatic rings. The Kier molecular flexibility index (Phi) is 4.26. The molecule has 1 N–H and O–H groups in total. The van der Waals surface area contributed by atoms with E-state index in [-0.39, 0.29) is 11.8 Å². The SMILES string of the molecule is CC[C@@H](C(=O)Nc1sc2c(c1C#N)CCC2)c1ccccc1. The van der Waals surface area contributed by atoms with Crippen molar-refractivity contribution in [2.24, 2.45) is 0 Å². The van der Waals surface area contributed by atoms with Crippen molar-refractivity contribution in [3.8, 4) is 6.07 Å². The van der Waals surface area contributed by atoms with Gasteiger partial charge in [0.2, 0.25) is 5.91 Å². The zero-order valence-corrected chi connectivity index (χ0v) is 13.4. The normalized spacial score (nSPS) is 14.2. The number of fused-ring (bicyclic) bond motifs is 1. The molecule has 22 heavy (non-hydrogen) atoms. The first-order valence-electron chi connectivity index (χ1n) is 7.65. The van der Waals surface area contributed by atoms with Crippen LogP contribution in [0.1, 0.15) is 47.3 Å². The van der Waals surface area contributed by atoms with Crippen molar-refractivity contribution in [2.75, 3.05) is 5.32 Å². The maximum absolute atomic E-state index is 12.6. The summed E-state index contributed by atoms with van der Waals surface area (Å²) >= 11 is 1.57. The summed E-state index contributed by atoms with van der Waals surface area (Å²) in [4.78, 5) is 13.9. The first kappa shape index (κ1) is 14.8. The number of benzene rings is 1. The number of carbonyl (C=O) groups is 1. The van der Waals surface area contributed by atoms with Gasteiger partial charge in [0, 0.05) is 4.88 Å². The summed E-state index contributed by atoms with van der Waals surface area (Å²) in [5.41, 5.74) is 2.84. The quantitative estimate of drug-likeness (QED) is 0.918. The molecule has 0 aliphatic heterocycles. The van der Waals surface area contributed by atoms with Crippen LogP contribution in [0.15, 0.2) is 30.3 Å². The lowest BCUT2D eigenvalue weighted by Crippen LogP contribution is -2.20. The molecule has 2 aromatic rings. The molecule has 0 radical (unpaired) electrons. The van der Waals surface area contributed by atoms with Gasteiger partial charge in [0.1, 0.15) is 11.1 Å². The number of nitrogens with one attached hydrogen (secondary N) is 1. The monoisotopic (exact) mass is 310 g/mol. The summed E-state index contributed by atoms with van der Waals surface area (Å²) in [6.07, 6.45) is 3.84. The van der Waals surface area contributed by atoms with Gasteiger partial charge in [0.05, 0.1) is 11.5 Å². The van der Waals surface area contributed by atoms with E-state index in [2.05, 4.69) is 11.4 Å². The van der Waals surface area contributed by atoms with E-state index in [1.807, 2.05) is 37.3 Å². The van der Waals surface area contributed by atoms with Crippen molar-refractivity contribution in [1.82, 2.24) is 0 Å². The molecule has 1 atom stereocenters. The minimum Gasteiger partial charge on any atom is -0.316 e. The summed E-state index contributed by atoms with van der Waals surface area (Å²) in [5, 5.41) is 13.1.